The molecule has 23 heavy (non-hydrogen) atoms. The molecule has 1 aliphatic rings. The van der Waals surface area contributed by atoms with Crippen molar-refractivity contribution in [3.63, 3.8) is 0 Å². The van der Waals surface area contributed by atoms with Gasteiger partial charge in [-0.15, -0.1) is 0 Å². The van der Waals surface area contributed by atoms with E-state index < -0.39 is 0 Å². The molecule has 6 heteroatoms. The molecule has 0 aliphatic carbocycles. The number of carbonyl (C=O) groups is 1. The zero-order chi connectivity index (χ0) is 15.8. The fraction of sp³-hybridized carbons (Fsp3) is 0.118. The van der Waals surface area contributed by atoms with Crippen LogP contribution in [0.5, 0.6) is 0 Å². The van der Waals surface area contributed by atoms with E-state index in [0.29, 0.717) is 5.56 Å². The van der Waals surface area contributed by atoms with Gasteiger partial charge in [0, 0.05) is 42.5 Å². The van der Waals surface area contributed by atoms with Crippen molar-refractivity contribution in [1.29, 1.82) is 0 Å². The van der Waals surface area contributed by atoms with E-state index in [1.54, 1.807) is 23.1 Å². The van der Waals surface area contributed by atoms with E-state index >= 15 is 0 Å². The van der Waals surface area contributed by atoms with Crippen molar-refractivity contribution in [2.24, 2.45) is 7.05 Å². The van der Waals surface area contributed by atoms with Crippen LogP contribution >= 0.6 is 0 Å². The van der Waals surface area contributed by atoms with Gasteiger partial charge < -0.3 is 10.6 Å². The Morgan fingerprint density at radius 3 is 2.83 bits per heavy atom. The van der Waals surface area contributed by atoms with E-state index in [0.717, 1.165) is 22.5 Å². The first-order valence-corrected chi connectivity index (χ1v) is 7.33. The van der Waals surface area contributed by atoms with Crippen LogP contribution in [0, 0.1) is 0 Å². The first-order chi connectivity index (χ1) is 11.2. The zero-order valence-corrected chi connectivity index (χ0v) is 12.5. The quantitative estimate of drug-likeness (QED) is 0.762. The molecule has 2 aromatic heterocycles. The molecule has 3 heterocycles. The lowest BCUT2D eigenvalue weighted by Crippen LogP contribution is -2.38. The van der Waals surface area contributed by atoms with E-state index in [9.17, 15) is 4.79 Å². The molecule has 2 N–H and O–H groups in total. The van der Waals surface area contributed by atoms with Crippen LogP contribution in [0.2, 0.25) is 0 Å². The summed E-state index contributed by atoms with van der Waals surface area (Å²) in [5.74, 6) is -0.0923. The molecule has 0 saturated carbocycles. The highest BCUT2D eigenvalue weighted by molar-refractivity contribution is 6.01. The third-order valence-corrected chi connectivity index (χ3v) is 3.85. The van der Waals surface area contributed by atoms with E-state index in [1.165, 1.54) is 0 Å². The zero-order valence-electron chi connectivity index (χ0n) is 12.5. The number of carbonyl (C=O) groups excluding carboxylic acids is 1. The van der Waals surface area contributed by atoms with Gasteiger partial charge in [-0.05, 0) is 24.3 Å². The third-order valence-electron chi connectivity index (χ3n) is 3.85. The minimum atomic E-state index is -0.332. The Bertz CT molecular complexity index is 872. The number of nitrogens with one attached hydrogen (secondary N) is 2. The summed E-state index contributed by atoms with van der Waals surface area (Å²) in [6.07, 6.45) is 5.07. The second-order valence-corrected chi connectivity index (χ2v) is 5.44. The number of aromatic nitrogens is 3. The molecule has 0 bridgehead atoms. The topological polar surface area (TPSA) is 71.8 Å². The lowest BCUT2D eigenvalue weighted by molar-refractivity contribution is 0.0936. The van der Waals surface area contributed by atoms with E-state index in [-0.39, 0.29) is 12.1 Å². The molecule has 0 saturated heterocycles. The second kappa shape index (κ2) is 5.24. The molecule has 1 aromatic carbocycles. The fourth-order valence-electron chi connectivity index (χ4n) is 2.81. The highest BCUT2D eigenvalue weighted by Crippen LogP contribution is 2.31. The third kappa shape index (κ3) is 2.34. The number of hydrogen-bond donors (Lipinski definition) is 2. The predicted octanol–water partition coefficient (Wildman–Crippen LogP) is 2.34. The number of rotatable bonds is 2. The van der Waals surface area contributed by atoms with E-state index in [2.05, 4.69) is 20.7 Å². The number of aryl methyl sites for hydroxylation is 1. The molecule has 0 radical (unpaired) electrons. The molecule has 1 aliphatic heterocycles. The number of anilines is 1. The van der Waals surface area contributed by atoms with Gasteiger partial charge in [-0.25, -0.2) is 0 Å². The predicted molar refractivity (Wildman–Crippen MR) is 86.7 cm³/mol. The maximum absolute atomic E-state index is 12.3. The van der Waals surface area contributed by atoms with Gasteiger partial charge in [-0.1, -0.05) is 12.1 Å². The first-order valence-electron chi connectivity index (χ1n) is 7.33. The summed E-state index contributed by atoms with van der Waals surface area (Å²) in [5.41, 5.74) is 4.09. The van der Waals surface area contributed by atoms with Crippen molar-refractivity contribution in [1.82, 2.24) is 20.1 Å². The van der Waals surface area contributed by atoms with Crippen molar-refractivity contribution < 1.29 is 4.79 Å². The molecule has 0 fully saturated rings. The van der Waals surface area contributed by atoms with Crippen LogP contribution in [0.1, 0.15) is 22.1 Å². The standard InChI is InChI=1S/C17H15N5O/c1-22-10-13(15(21-22)11-5-4-8-18-9-11)16-19-14-7-3-2-6-12(14)17(23)20-16/h2-10,16,19H,1H3,(H,20,23). The highest BCUT2D eigenvalue weighted by atomic mass is 16.2. The second-order valence-electron chi connectivity index (χ2n) is 5.44. The molecule has 4 rings (SSSR count). The summed E-state index contributed by atoms with van der Waals surface area (Å²) in [5, 5.41) is 10.9. The minimum Gasteiger partial charge on any atom is -0.361 e. The molecule has 1 unspecified atom stereocenters. The molecule has 1 atom stereocenters. The number of amides is 1. The largest absolute Gasteiger partial charge is 0.361 e. The van der Waals surface area contributed by atoms with Gasteiger partial charge in [0.2, 0.25) is 0 Å². The Labute approximate surface area is 133 Å². The highest BCUT2D eigenvalue weighted by Gasteiger charge is 2.27. The Balaban J connectivity index is 1.77. The van der Waals surface area contributed by atoms with E-state index in [1.807, 2.05) is 43.6 Å². The number of fused-ring (bicyclic) bond motifs is 1. The van der Waals surface area contributed by atoms with Gasteiger partial charge >= 0.3 is 0 Å². The average Bonchev–Trinajstić information content (AvgIpc) is 2.98. The summed E-state index contributed by atoms with van der Waals surface area (Å²) in [6.45, 7) is 0. The molecule has 3 aromatic rings. The lowest BCUT2D eigenvalue weighted by Gasteiger charge is -2.27. The summed E-state index contributed by atoms with van der Waals surface area (Å²) in [4.78, 5) is 16.5. The van der Waals surface area contributed by atoms with Crippen molar-refractivity contribution in [3.8, 4) is 11.3 Å². The summed E-state index contributed by atoms with van der Waals surface area (Å²) < 4.78 is 1.74. The van der Waals surface area contributed by atoms with Crippen molar-refractivity contribution in [2.75, 3.05) is 5.32 Å². The van der Waals surface area contributed by atoms with E-state index in [4.69, 9.17) is 0 Å². The Morgan fingerprint density at radius 1 is 1.13 bits per heavy atom. The number of nitrogens with zero attached hydrogens (tertiary/aromatic N) is 3. The van der Waals surface area contributed by atoms with Crippen molar-refractivity contribution in [3.05, 3.63) is 66.1 Å². The Morgan fingerprint density at radius 2 is 2.00 bits per heavy atom. The molecular formula is C17H15N5O. The van der Waals surface area contributed by atoms with Gasteiger partial charge in [-0.2, -0.15) is 5.10 Å². The normalized spacial score (nSPS) is 16.4. The molecular weight excluding hydrogens is 290 g/mol. The van der Waals surface area contributed by atoms with Crippen molar-refractivity contribution >= 4 is 11.6 Å². The SMILES string of the molecule is Cn1cc(C2NC(=O)c3ccccc3N2)c(-c2cccnc2)n1. The van der Waals surface area contributed by atoms with Gasteiger partial charge in [0.1, 0.15) is 11.9 Å². The summed E-state index contributed by atoms with van der Waals surface area (Å²) >= 11 is 0. The summed E-state index contributed by atoms with van der Waals surface area (Å²) in [6, 6.07) is 11.3. The molecule has 1 amide bonds. The van der Waals surface area contributed by atoms with Crippen LogP contribution in [-0.4, -0.2) is 20.7 Å². The minimum absolute atomic E-state index is 0.0923. The lowest BCUT2D eigenvalue weighted by atomic mass is 10.0. The number of hydrogen-bond acceptors (Lipinski definition) is 4. The Hall–Kier alpha value is -3.15. The van der Waals surface area contributed by atoms with Crippen LogP contribution in [-0.2, 0) is 7.05 Å². The maximum atomic E-state index is 12.3. The number of benzene rings is 1. The summed E-state index contributed by atoms with van der Waals surface area (Å²) in [7, 11) is 1.86. The number of para-hydroxylation sites is 1. The molecule has 0 spiro atoms. The van der Waals surface area contributed by atoms with Gasteiger partial charge in [0.05, 0.1) is 5.56 Å². The fourth-order valence-corrected chi connectivity index (χ4v) is 2.81. The monoisotopic (exact) mass is 305 g/mol. The smallest absolute Gasteiger partial charge is 0.255 e. The first kappa shape index (κ1) is 13.5. The molecule has 114 valence electrons. The van der Waals surface area contributed by atoms with Crippen LogP contribution < -0.4 is 10.6 Å². The van der Waals surface area contributed by atoms with Gasteiger partial charge in [0.15, 0.2) is 0 Å². The average molecular weight is 305 g/mol. The van der Waals surface area contributed by atoms with Crippen molar-refractivity contribution in [2.45, 2.75) is 6.17 Å². The van der Waals surface area contributed by atoms with Crippen LogP contribution in [0.15, 0.2) is 55.0 Å². The van der Waals surface area contributed by atoms with Gasteiger partial charge in [0.25, 0.3) is 5.91 Å². The molecule has 6 nitrogen and oxygen atoms in total. The Kier molecular flexibility index (Phi) is 3.08. The van der Waals surface area contributed by atoms with Crippen LogP contribution in [0.3, 0.4) is 0 Å². The number of pyridine rings is 1. The van der Waals surface area contributed by atoms with Crippen LogP contribution in [0.25, 0.3) is 11.3 Å². The van der Waals surface area contributed by atoms with Crippen LogP contribution in [0.4, 0.5) is 5.69 Å². The maximum Gasteiger partial charge on any atom is 0.255 e. The van der Waals surface area contributed by atoms with Gasteiger partial charge in [-0.3, -0.25) is 14.5 Å².